The van der Waals surface area contributed by atoms with Crippen molar-refractivity contribution in [1.29, 1.82) is 0 Å². The topological polar surface area (TPSA) is 61.4 Å². The third kappa shape index (κ3) is 2.46. The molecule has 3 N–H and O–H groups in total. The molecule has 1 aliphatic rings. The van der Waals surface area contributed by atoms with Crippen molar-refractivity contribution < 1.29 is 31.9 Å². The van der Waals surface area contributed by atoms with Crippen LogP contribution in [0.1, 0.15) is 12.0 Å². The van der Waals surface area contributed by atoms with Crippen LogP contribution in [0.2, 0.25) is 0 Å². The summed E-state index contributed by atoms with van der Waals surface area (Å²) in [5.41, 5.74) is -5.07. The maximum Gasteiger partial charge on any atom is 0.427 e. The maximum absolute atomic E-state index is 14.0. The molecule has 1 aliphatic heterocycles. The molecule has 4 nitrogen and oxygen atoms in total. The third-order valence-electron chi connectivity index (χ3n) is 2.96. The van der Waals surface area contributed by atoms with E-state index in [0.29, 0.717) is 6.07 Å². The van der Waals surface area contributed by atoms with Gasteiger partial charge in [0.05, 0.1) is 17.9 Å². The normalized spacial score (nSPS) is 20.4. The third-order valence-corrected chi connectivity index (χ3v) is 2.96. The number of hydrogen-bond acceptors (Lipinski definition) is 2. The fourth-order valence-electron chi connectivity index (χ4n) is 2.04. The minimum Gasteiger partial charge on any atom is -0.395 e. The maximum atomic E-state index is 14.0. The summed E-state index contributed by atoms with van der Waals surface area (Å²) in [6.45, 7) is -0.522. The molecule has 1 aromatic carbocycles. The van der Waals surface area contributed by atoms with E-state index in [2.05, 4.69) is 0 Å². The average molecular weight is 320 g/mol. The molecule has 9 heteroatoms. The van der Waals surface area contributed by atoms with Crippen LogP contribution in [0.5, 0.6) is 0 Å². The summed E-state index contributed by atoms with van der Waals surface area (Å²) >= 11 is 0. The zero-order chi connectivity index (χ0) is 16.5. The van der Waals surface area contributed by atoms with Gasteiger partial charge in [0, 0.05) is 6.42 Å². The van der Waals surface area contributed by atoms with E-state index >= 15 is 0 Å². The van der Waals surface area contributed by atoms with Gasteiger partial charge in [-0.05, 0) is 12.1 Å². The van der Waals surface area contributed by atoms with Gasteiger partial charge >= 0.3 is 12.2 Å². The van der Waals surface area contributed by atoms with Gasteiger partial charge in [0.2, 0.25) is 5.54 Å². The van der Waals surface area contributed by atoms with Crippen LogP contribution in [-0.4, -0.2) is 23.9 Å². The Bertz CT molecular complexity index is 677. The van der Waals surface area contributed by atoms with E-state index in [1.54, 1.807) is 5.92 Å². The second-order valence-electron chi connectivity index (χ2n) is 4.39. The highest BCUT2D eigenvalue weighted by atomic mass is 19.4. The minimum atomic E-state index is -5.21. The summed E-state index contributed by atoms with van der Waals surface area (Å²) in [5.74, 6) is 0.457. The lowest BCUT2D eigenvalue weighted by atomic mass is 9.86. The van der Waals surface area contributed by atoms with Crippen LogP contribution in [0.4, 0.5) is 32.4 Å². The van der Waals surface area contributed by atoms with Crippen molar-refractivity contribution in [3.8, 4) is 11.8 Å². The molecule has 22 heavy (non-hydrogen) atoms. The number of rotatable bonds is 1. The zero-order valence-corrected chi connectivity index (χ0v) is 10.8. The lowest BCUT2D eigenvalue weighted by Crippen LogP contribution is -2.59. The number of hydrogen-bond donors (Lipinski definition) is 3. The molecule has 118 valence electrons. The zero-order valence-electron chi connectivity index (χ0n) is 10.8. The van der Waals surface area contributed by atoms with E-state index in [1.165, 1.54) is 5.32 Å². The Morgan fingerprint density at radius 3 is 2.55 bits per heavy atom. The molecule has 0 spiro atoms. The Morgan fingerprint density at radius 2 is 1.95 bits per heavy atom. The van der Waals surface area contributed by atoms with Gasteiger partial charge in [0.25, 0.3) is 0 Å². The van der Waals surface area contributed by atoms with Gasteiger partial charge in [0.1, 0.15) is 0 Å². The average Bonchev–Trinajstić information content (AvgIpc) is 2.41. The summed E-state index contributed by atoms with van der Waals surface area (Å²) < 4.78 is 67.8. The van der Waals surface area contributed by atoms with Crippen molar-refractivity contribution in [2.24, 2.45) is 0 Å². The molecule has 0 fully saturated rings. The number of aliphatic hydroxyl groups excluding tert-OH is 1. The van der Waals surface area contributed by atoms with E-state index in [4.69, 9.17) is 5.11 Å². The molecular weight excluding hydrogens is 311 g/mol. The number of carbonyl (C=O) groups excluding carboxylic acids is 1. The second-order valence-corrected chi connectivity index (χ2v) is 4.39. The molecule has 0 bridgehead atoms. The Kier molecular flexibility index (Phi) is 3.98. The summed E-state index contributed by atoms with van der Waals surface area (Å²) in [6.07, 6.45) is -5.54. The quantitative estimate of drug-likeness (QED) is 0.549. The fourth-order valence-corrected chi connectivity index (χ4v) is 2.04. The highest BCUT2D eigenvalue weighted by Gasteiger charge is 2.60. The van der Waals surface area contributed by atoms with E-state index in [-0.39, 0.29) is 6.42 Å². The number of anilines is 1. The van der Waals surface area contributed by atoms with E-state index in [0.717, 1.165) is 6.07 Å². The highest BCUT2D eigenvalue weighted by molar-refractivity contribution is 5.94. The molecule has 1 aromatic rings. The first kappa shape index (κ1) is 16.0. The minimum absolute atomic E-state index is 0.326. The van der Waals surface area contributed by atoms with Crippen molar-refractivity contribution in [2.45, 2.75) is 18.1 Å². The van der Waals surface area contributed by atoms with Gasteiger partial charge < -0.3 is 15.7 Å². The smallest absolute Gasteiger partial charge is 0.395 e. The van der Waals surface area contributed by atoms with Gasteiger partial charge in [-0.15, -0.1) is 0 Å². The molecule has 1 atom stereocenters. The van der Waals surface area contributed by atoms with Crippen molar-refractivity contribution in [1.82, 2.24) is 5.32 Å². The Labute approximate surface area is 121 Å². The lowest BCUT2D eigenvalue weighted by Gasteiger charge is -2.37. The SMILES string of the molecule is O=C1Nc2ccc(F)c(F)c2C(C#CCCO)(C(F)(F)F)N1. The highest BCUT2D eigenvalue weighted by Crippen LogP contribution is 2.45. The predicted octanol–water partition coefficient (Wildman–Crippen LogP) is 2.24. The number of aliphatic hydroxyl groups is 1. The van der Waals surface area contributed by atoms with E-state index in [9.17, 15) is 26.7 Å². The Hall–Kier alpha value is -2.34. The summed E-state index contributed by atoms with van der Waals surface area (Å²) in [7, 11) is 0. The van der Waals surface area contributed by atoms with Crippen LogP contribution < -0.4 is 10.6 Å². The van der Waals surface area contributed by atoms with Crippen molar-refractivity contribution in [2.75, 3.05) is 11.9 Å². The first-order valence-electron chi connectivity index (χ1n) is 5.98. The summed E-state index contributed by atoms with van der Waals surface area (Å²) in [4.78, 5) is 11.5. The summed E-state index contributed by atoms with van der Waals surface area (Å²) in [5, 5.41) is 12.1. The Morgan fingerprint density at radius 1 is 1.27 bits per heavy atom. The molecule has 2 rings (SSSR count). The van der Waals surface area contributed by atoms with Crippen LogP contribution >= 0.6 is 0 Å². The largest absolute Gasteiger partial charge is 0.427 e. The number of alkyl halides is 3. The first-order valence-corrected chi connectivity index (χ1v) is 5.98. The molecule has 1 unspecified atom stereocenters. The summed E-state index contributed by atoms with van der Waals surface area (Å²) in [6, 6.07) is 0.164. The molecule has 1 heterocycles. The number of halogens is 5. The predicted molar refractivity (Wildman–Crippen MR) is 65.7 cm³/mol. The standard InChI is InChI=1S/C13H9F5N2O2/c14-7-3-4-8-9(10(7)15)12(13(16,17)18,5-1-2-6-21)20-11(22)19-8/h3-4,21H,2,6H2,(H2,19,20,22). The molecule has 0 saturated heterocycles. The number of carbonyl (C=O) groups is 1. The number of nitrogens with one attached hydrogen (secondary N) is 2. The van der Waals surface area contributed by atoms with Gasteiger partial charge in [-0.3, -0.25) is 0 Å². The van der Waals surface area contributed by atoms with Crippen LogP contribution in [-0.2, 0) is 5.54 Å². The second kappa shape index (κ2) is 5.46. The van der Waals surface area contributed by atoms with Gasteiger partial charge in [-0.1, -0.05) is 11.8 Å². The number of fused-ring (bicyclic) bond motifs is 1. The van der Waals surface area contributed by atoms with Gasteiger partial charge in [0.15, 0.2) is 11.6 Å². The molecule has 2 amide bonds. The number of benzene rings is 1. The van der Waals surface area contributed by atoms with Crippen molar-refractivity contribution in [3.05, 3.63) is 29.3 Å². The molecular formula is C13H9F5N2O2. The Balaban J connectivity index is 2.78. The van der Waals surface area contributed by atoms with Crippen molar-refractivity contribution >= 4 is 11.7 Å². The lowest BCUT2D eigenvalue weighted by molar-refractivity contribution is -0.179. The monoisotopic (exact) mass is 320 g/mol. The first-order chi connectivity index (χ1) is 10.2. The molecule has 0 radical (unpaired) electrons. The van der Waals surface area contributed by atoms with Gasteiger partial charge in [-0.25, -0.2) is 13.6 Å². The van der Waals surface area contributed by atoms with Crippen LogP contribution in [0.15, 0.2) is 12.1 Å². The van der Waals surface area contributed by atoms with Crippen molar-refractivity contribution in [3.63, 3.8) is 0 Å². The number of amides is 2. The van der Waals surface area contributed by atoms with Crippen LogP contribution in [0.25, 0.3) is 0 Å². The molecule has 0 saturated carbocycles. The van der Waals surface area contributed by atoms with Crippen LogP contribution in [0, 0.1) is 23.5 Å². The fraction of sp³-hybridized carbons (Fsp3) is 0.308. The number of urea groups is 1. The molecule has 0 aliphatic carbocycles. The van der Waals surface area contributed by atoms with E-state index in [1.807, 2.05) is 11.2 Å². The molecule has 0 aromatic heterocycles. The van der Waals surface area contributed by atoms with E-state index < -0.39 is 47.2 Å². The van der Waals surface area contributed by atoms with Gasteiger partial charge in [-0.2, -0.15) is 13.2 Å². The van der Waals surface area contributed by atoms with Crippen LogP contribution in [0.3, 0.4) is 0 Å².